The molecule has 0 aromatic carbocycles. The fourth-order valence-corrected chi connectivity index (χ4v) is 3.64. The molecular weight excluding hydrogens is 270 g/mol. The summed E-state index contributed by atoms with van der Waals surface area (Å²) in [6.07, 6.45) is 4.51. The van der Waals surface area contributed by atoms with Crippen LogP contribution in [0.2, 0.25) is 0 Å². The molecule has 4 nitrogen and oxygen atoms in total. The molecule has 1 aromatic rings. The number of urea groups is 1. The van der Waals surface area contributed by atoms with Crippen LogP contribution in [0.1, 0.15) is 43.8 Å². The van der Waals surface area contributed by atoms with E-state index in [1.165, 1.54) is 19.3 Å². The van der Waals surface area contributed by atoms with Crippen LogP contribution >= 0.6 is 11.3 Å². The fraction of sp³-hybridized carbons (Fsp3) is 0.733. The fourth-order valence-electron chi connectivity index (χ4n) is 3.00. The Morgan fingerprint density at radius 3 is 2.70 bits per heavy atom. The molecule has 0 radical (unpaired) electrons. The van der Waals surface area contributed by atoms with Gasteiger partial charge in [-0.1, -0.05) is 20.3 Å². The SMILES string of the molecule is Cc1nc(CCNC(=O)NC2[C@H](C)CCC[C@H]2C)cs1. The maximum atomic E-state index is 12.0. The Morgan fingerprint density at radius 1 is 1.40 bits per heavy atom. The van der Waals surface area contributed by atoms with Crippen molar-refractivity contribution in [2.45, 2.75) is 52.5 Å². The Balaban J connectivity index is 1.72. The summed E-state index contributed by atoms with van der Waals surface area (Å²) in [5.74, 6) is 1.15. The van der Waals surface area contributed by atoms with Gasteiger partial charge in [0.15, 0.2) is 0 Å². The maximum Gasteiger partial charge on any atom is 0.315 e. The molecule has 2 rings (SSSR count). The number of amides is 2. The third-order valence-electron chi connectivity index (χ3n) is 4.18. The minimum absolute atomic E-state index is 0.0393. The van der Waals surface area contributed by atoms with Crippen LogP contribution < -0.4 is 10.6 Å². The van der Waals surface area contributed by atoms with Gasteiger partial charge < -0.3 is 10.6 Å². The van der Waals surface area contributed by atoms with E-state index in [-0.39, 0.29) is 6.03 Å². The van der Waals surface area contributed by atoms with E-state index >= 15 is 0 Å². The molecule has 2 N–H and O–H groups in total. The minimum atomic E-state index is -0.0393. The highest BCUT2D eigenvalue weighted by molar-refractivity contribution is 7.09. The zero-order valence-electron chi connectivity index (χ0n) is 12.6. The first-order valence-electron chi connectivity index (χ1n) is 7.51. The monoisotopic (exact) mass is 295 g/mol. The summed E-state index contributed by atoms with van der Waals surface area (Å²) in [5.41, 5.74) is 1.06. The van der Waals surface area contributed by atoms with Gasteiger partial charge in [0.25, 0.3) is 0 Å². The van der Waals surface area contributed by atoms with Gasteiger partial charge in [-0.25, -0.2) is 9.78 Å². The second-order valence-corrected chi connectivity index (χ2v) is 6.98. The summed E-state index contributed by atoms with van der Waals surface area (Å²) in [7, 11) is 0. The van der Waals surface area contributed by atoms with E-state index in [1.54, 1.807) is 11.3 Å². The molecule has 2 amide bonds. The van der Waals surface area contributed by atoms with Crippen molar-refractivity contribution in [1.82, 2.24) is 15.6 Å². The number of carbonyl (C=O) groups is 1. The van der Waals surface area contributed by atoms with Crippen LogP contribution in [-0.2, 0) is 6.42 Å². The van der Waals surface area contributed by atoms with Crippen LogP contribution in [0.4, 0.5) is 4.79 Å². The van der Waals surface area contributed by atoms with Crippen molar-refractivity contribution in [2.24, 2.45) is 11.8 Å². The molecule has 112 valence electrons. The van der Waals surface area contributed by atoms with Crippen LogP contribution in [0.25, 0.3) is 0 Å². The van der Waals surface area contributed by atoms with Gasteiger partial charge in [0, 0.05) is 24.4 Å². The predicted octanol–water partition coefficient (Wildman–Crippen LogP) is 3.12. The quantitative estimate of drug-likeness (QED) is 0.896. The molecule has 20 heavy (non-hydrogen) atoms. The van der Waals surface area contributed by atoms with Gasteiger partial charge in [-0.3, -0.25) is 0 Å². The summed E-state index contributed by atoms with van der Waals surface area (Å²) in [5, 5.41) is 9.22. The topological polar surface area (TPSA) is 54.0 Å². The van der Waals surface area contributed by atoms with Crippen molar-refractivity contribution in [1.29, 1.82) is 0 Å². The molecule has 0 saturated heterocycles. The summed E-state index contributed by atoms with van der Waals surface area (Å²) in [6, 6.07) is 0.271. The highest BCUT2D eigenvalue weighted by Gasteiger charge is 2.28. The molecular formula is C15H25N3OS. The lowest BCUT2D eigenvalue weighted by molar-refractivity contribution is 0.194. The van der Waals surface area contributed by atoms with Crippen LogP contribution in [0.5, 0.6) is 0 Å². The second-order valence-electron chi connectivity index (χ2n) is 5.92. The molecule has 5 heteroatoms. The number of aryl methyl sites for hydroxylation is 1. The van der Waals surface area contributed by atoms with Gasteiger partial charge in [-0.15, -0.1) is 11.3 Å². The largest absolute Gasteiger partial charge is 0.338 e. The van der Waals surface area contributed by atoms with Crippen molar-refractivity contribution in [3.05, 3.63) is 16.1 Å². The normalized spacial score (nSPS) is 23.6. The third-order valence-corrected chi connectivity index (χ3v) is 5.00. The molecule has 0 spiro atoms. The van der Waals surface area contributed by atoms with Crippen molar-refractivity contribution in [3.63, 3.8) is 0 Å². The van der Waals surface area contributed by atoms with E-state index in [2.05, 4.69) is 34.8 Å². The highest BCUT2D eigenvalue weighted by atomic mass is 32.1. The number of hydrogen-bond donors (Lipinski definition) is 2. The van der Waals surface area contributed by atoms with Crippen molar-refractivity contribution in [3.8, 4) is 0 Å². The molecule has 1 saturated carbocycles. The van der Waals surface area contributed by atoms with E-state index < -0.39 is 0 Å². The van der Waals surface area contributed by atoms with Crippen LogP contribution in [0.3, 0.4) is 0 Å². The number of nitrogens with one attached hydrogen (secondary N) is 2. The Bertz CT molecular complexity index is 436. The molecule has 0 bridgehead atoms. The summed E-state index contributed by atoms with van der Waals surface area (Å²) in [6.45, 7) is 7.11. The Morgan fingerprint density at radius 2 is 2.10 bits per heavy atom. The van der Waals surface area contributed by atoms with Gasteiger partial charge in [0.1, 0.15) is 0 Å². The molecule has 1 fully saturated rings. The lowest BCUT2D eigenvalue weighted by atomic mass is 9.79. The molecule has 1 aliphatic carbocycles. The average Bonchev–Trinajstić information content (AvgIpc) is 2.80. The van der Waals surface area contributed by atoms with E-state index in [4.69, 9.17) is 0 Å². The number of carbonyl (C=O) groups excluding carboxylic acids is 1. The first-order chi connectivity index (χ1) is 9.56. The van der Waals surface area contributed by atoms with Crippen molar-refractivity contribution in [2.75, 3.05) is 6.54 Å². The van der Waals surface area contributed by atoms with Gasteiger partial charge in [-0.05, 0) is 31.6 Å². The van der Waals surface area contributed by atoms with Gasteiger partial charge in [0.2, 0.25) is 0 Å². The van der Waals surface area contributed by atoms with Crippen molar-refractivity contribution < 1.29 is 4.79 Å². The Labute approximate surface area is 125 Å². The molecule has 1 aliphatic rings. The average molecular weight is 295 g/mol. The van der Waals surface area contributed by atoms with Gasteiger partial charge >= 0.3 is 6.03 Å². The van der Waals surface area contributed by atoms with Gasteiger partial charge in [0.05, 0.1) is 10.7 Å². The van der Waals surface area contributed by atoms with Crippen LogP contribution in [-0.4, -0.2) is 23.6 Å². The number of rotatable bonds is 4. The van der Waals surface area contributed by atoms with E-state index in [0.717, 1.165) is 17.1 Å². The van der Waals surface area contributed by atoms with E-state index in [9.17, 15) is 4.79 Å². The lowest BCUT2D eigenvalue weighted by Gasteiger charge is -2.35. The second kappa shape index (κ2) is 7.07. The molecule has 1 heterocycles. The summed E-state index contributed by atoms with van der Waals surface area (Å²) in [4.78, 5) is 16.4. The van der Waals surface area contributed by atoms with Crippen LogP contribution in [0.15, 0.2) is 5.38 Å². The number of nitrogens with zero attached hydrogens (tertiary/aromatic N) is 1. The summed E-state index contributed by atoms with van der Waals surface area (Å²) < 4.78 is 0. The Hall–Kier alpha value is -1.10. The number of aromatic nitrogens is 1. The lowest BCUT2D eigenvalue weighted by Crippen LogP contribution is -2.49. The zero-order chi connectivity index (χ0) is 14.5. The first-order valence-corrected chi connectivity index (χ1v) is 8.39. The third kappa shape index (κ3) is 4.20. The number of thiazole rings is 1. The highest BCUT2D eigenvalue weighted by Crippen LogP contribution is 2.28. The Kier molecular flexibility index (Phi) is 5.40. The smallest absolute Gasteiger partial charge is 0.315 e. The van der Waals surface area contributed by atoms with Crippen molar-refractivity contribution >= 4 is 17.4 Å². The predicted molar refractivity (Wildman–Crippen MR) is 83.1 cm³/mol. The molecule has 0 aliphatic heterocycles. The van der Waals surface area contributed by atoms with Crippen LogP contribution in [0, 0.1) is 18.8 Å². The molecule has 0 unspecified atom stereocenters. The maximum absolute atomic E-state index is 12.0. The number of hydrogen-bond acceptors (Lipinski definition) is 3. The van der Waals surface area contributed by atoms with E-state index in [0.29, 0.717) is 24.4 Å². The standard InChI is InChI=1S/C15H25N3OS/c1-10-5-4-6-11(2)14(10)18-15(19)16-8-7-13-9-20-12(3)17-13/h9-11,14H,4-8H2,1-3H3,(H2,16,18,19)/t10-,11-/m1/s1. The van der Waals surface area contributed by atoms with E-state index in [1.807, 2.05) is 6.92 Å². The summed E-state index contributed by atoms with van der Waals surface area (Å²) >= 11 is 1.65. The molecule has 1 aromatic heterocycles. The first kappa shape index (κ1) is 15.3. The van der Waals surface area contributed by atoms with Gasteiger partial charge in [-0.2, -0.15) is 0 Å². The zero-order valence-corrected chi connectivity index (χ0v) is 13.4. The molecule has 2 atom stereocenters. The minimum Gasteiger partial charge on any atom is -0.338 e.